The summed E-state index contributed by atoms with van der Waals surface area (Å²) in [4.78, 5) is 12.9. The van der Waals surface area contributed by atoms with Crippen LogP contribution in [0.3, 0.4) is 0 Å². The van der Waals surface area contributed by atoms with E-state index in [1.54, 1.807) is 28.9 Å². The Morgan fingerprint density at radius 1 is 0.931 bits per heavy atom. The molecule has 6 heteroatoms. The lowest BCUT2D eigenvalue weighted by atomic mass is 10.1. The molecular formula is C23H17Cl2N3O. The van der Waals surface area contributed by atoms with Gasteiger partial charge in [0.1, 0.15) is 0 Å². The smallest absolute Gasteiger partial charge is 0.276 e. The number of hydrogen-bond acceptors (Lipinski definition) is 2. The lowest BCUT2D eigenvalue weighted by molar-refractivity contribution is 0.102. The van der Waals surface area contributed by atoms with Crippen LogP contribution in [0.25, 0.3) is 16.9 Å². The van der Waals surface area contributed by atoms with Crippen molar-refractivity contribution < 1.29 is 4.79 Å². The van der Waals surface area contributed by atoms with Gasteiger partial charge in [-0.1, -0.05) is 71.2 Å². The summed E-state index contributed by atoms with van der Waals surface area (Å²) in [7, 11) is 0. The molecule has 29 heavy (non-hydrogen) atoms. The van der Waals surface area contributed by atoms with Gasteiger partial charge in [0, 0.05) is 10.6 Å². The Morgan fingerprint density at radius 3 is 2.34 bits per heavy atom. The number of halogens is 2. The molecule has 4 aromatic rings. The predicted molar refractivity (Wildman–Crippen MR) is 118 cm³/mol. The summed E-state index contributed by atoms with van der Waals surface area (Å²) in [5, 5.41) is 8.23. The lowest BCUT2D eigenvalue weighted by Gasteiger charge is -2.07. The minimum Gasteiger partial charge on any atom is -0.319 e. The van der Waals surface area contributed by atoms with Crippen molar-refractivity contribution in [1.82, 2.24) is 9.78 Å². The van der Waals surface area contributed by atoms with Crippen molar-refractivity contribution in [3.8, 4) is 16.9 Å². The van der Waals surface area contributed by atoms with E-state index in [0.717, 1.165) is 22.5 Å². The van der Waals surface area contributed by atoms with Crippen molar-refractivity contribution >= 4 is 34.8 Å². The van der Waals surface area contributed by atoms with E-state index in [0.29, 0.717) is 15.7 Å². The number of aryl methyl sites for hydroxylation is 1. The van der Waals surface area contributed by atoms with E-state index >= 15 is 0 Å². The van der Waals surface area contributed by atoms with Crippen LogP contribution in [0.15, 0.2) is 78.9 Å². The number of amides is 1. The highest BCUT2D eigenvalue weighted by molar-refractivity contribution is 6.36. The molecule has 1 N–H and O–H groups in total. The molecule has 0 spiro atoms. The SMILES string of the molecule is Cc1ccc(-c2cc(C(=O)Nc3ccc(Cl)cc3Cl)nn2-c2ccccc2)cc1. The predicted octanol–water partition coefficient (Wildman–Crippen LogP) is 6.41. The van der Waals surface area contributed by atoms with E-state index in [1.165, 1.54) is 0 Å². The second kappa shape index (κ2) is 8.11. The summed E-state index contributed by atoms with van der Waals surface area (Å²) in [6.07, 6.45) is 0. The zero-order valence-corrected chi connectivity index (χ0v) is 17.1. The van der Waals surface area contributed by atoms with Crippen molar-refractivity contribution in [2.45, 2.75) is 6.92 Å². The van der Waals surface area contributed by atoms with Gasteiger partial charge in [0.25, 0.3) is 5.91 Å². The molecule has 0 fully saturated rings. The van der Waals surface area contributed by atoms with Gasteiger partial charge in [-0.2, -0.15) is 5.10 Å². The molecule has 144 valence electrons. The van der Waals surface area contributed by atoms with Gasteiger partial charge in [-0.05, 0) is 43.3 Å². The number of rotatable bonds is 4. The molecule has 0 radical (unpaired) electrons. The first kappa shape index (κ1) is 19.2. The van der Waals surface area contributed by atoms with E-state index in [1.807, 2.05) is 61.5 Å². The van der Waals surface area contributed by atoms with Crippen LogP contribution in [0, 0.1) is 6.92 Å². The molecule has 0 bridgehead atoms. The molecule has 4 nitrogen and oxygen atoms in total. The average molecular weight is 422 g/mol. The summed E-state index contributed by atoms with van der Waals surface area (Å²) >= 11 is 12.1. The normalized spacial score (nSPS) is 10.7. The Morgan fingerprint density at radius 2 is 1.66 bits per heavy atom. The van der Waals surface area contributed by atoms with Crippen LogP contribution in [0.1, 0.15) is 16.1 Å². The largest absolute Gasteiger partial charge is 0.319 e. The van der Waals surface area contributed by atoms with E-state index < -0.39 is 0 Å². The van der Waals surface area contributed by atoms with Gasteiger partial charge in [-0.15, -0.1) is 0 Å². The number of nitrogens with one attached hydrogen (secondary N) is 1. The molecule has 0 aliphatic carbocycles. The molecule has 3 aromatic carbocycles. The summed E-state index contributed by atoms with van der Waals surface area (Å²) in [5.41, 5.74) is 4.59. The van der Waals surface area contributed by atoms with Gasteiger partial charge < -0.3 is 5.32 Å². The second-order valence-electron chi connectivity index (χ2n) is 6.61. The third kappa shape index (κ3) is 4.19. The van der Waals surface area contributed by atoms with Crippen molar-refractivity contribution in [2.75, 3.05) is 5.32 Å². The van der Waals surface area contributed by atoms with Crippen LogP contribution >= 0.6 is 23.2 Å². The minimum absolute atomic E-state index is 0.287. The summed E-state index contributed by atoms with van der Waals surface area (Å²) in [6, 6.07) is 24.5. The van der Waals surface area contributed by atoms with Crippen LogP contribution in [0.2, 0.25) is 10.0 Å². The maximum absolute atomic E-state index is 12.9. The molecule has 1 aromatic heterocycles. The van der Waals surface area contributed by atoms with Gasteiger partial charge in [-0.25, -0.2) is 4.68 Å². The molecule has 0 saturated carbocycles. The van der Waals surface area contributed by atoms with Crippen molar-refractivity contribution in [1.29, 1.82) is 0 Å². The Bertz CT molecular complexity index is 1170. The zero-order valence-electron chi connectivity index (χ0n) is 15.6. The van der Waals surface area contributed by atoms with E-state index in [4.69, 9.17) is 23.2 Å². The number of carbonyl (C=O) groups excluding carboxylic acids is 1. The first-order chi connectivity index (χ1) is 14.0. The molecule has 0 aliphatic heterocycles. The molecule has 1 heterocycles. The molecule has 0 atom stereocenters. The summed E-state index contributed by atoms with van der Waals surface area (Å²) in [6.45, 7) is 2.03. The second-order valence-corrected chi connectivity index (χ2v) is 7.45. The molecular weight excluding hydrogens is 405 g/mol. The number of nitrogens with zero attached hydrogens (tertiary/aromatic N) is 2. The van der Waals surface area contributed by atoms with Crippen LogP contribution in [0.4, 0.5) is 5.69 Å². The van der Waals surface area contributed by atoms with Gasteiger partial charge >= 0.3 is 0 Å². The third-order valence-electron chi connectivity index (χ3n) is 4.47. The number of carbonyl (C=O) groups is 1. The van der Waals surface area contributed by atoms with Gasteiger partial charge in [-0.3, -0.25) is 4.79 Å². The van der Waals surface area contributed by atoms with Crippen molar-refractivity contribution in [3.63, 3.8) is 0 Å². The topological polar surface area (TPSA) is 46.9 Å². The maximum atomic E-state index is 12.9. The van der Waals surface area contributed by atoms with Crippen LogP contribution in [-0.4, -0.2) is 15.7 Å². The fourth-order valence-corrected chi connectivity index (χ4v) is 3.42. The molecule has 0 unspecified atom stereocenters. The monoisotopic (exact) mass is 421 g/mol. The highest BCUT2D eigenvalue weighted by Crippen LogP contribution is 2.28. The standard InChI is InChI=1S/C23H17Cl2N3O/c1-15-7-9-16(10-8-15)22-14-21(27-28(22)18-5-3-2-4-6-18)23(29)26-20-12-11-17(24)13-19(20)25/h2-14H,1H3,(H,26,29). The lowest BCUT2D eigenvalue weighted by Crippen LogP contribution is -2.13. The maximum Gasteiger partial charge on any atom is 0.276 e. The summed E-state index contributed by atoms with van der Waals surface area (Å²) < 4.78 is 1.77. The van der Waals surface area contributed by atoms with Crippen molar-refractivity contribution in [2.24, 2.45) is 0 Å². The molecule has 1 amide bonds. The van der Waals surface area contributed by atoms with E-state index in [2.05, 4.69) is 10.4 Å². The van der Waals surface area contributed by atoms with E-state index in [-0.39, 0.29) is 11.6 Å². The first-order valence-corrected chi connectivity index (χ1v) is 9.76. The number of para-hydroxylation sites is 1. The number of anilines is 1. The minimum atomic E-state index is -0.350. The first-order valence-electron chi connectivity index (χ1n) is 9.00. The molecule has 4 rings (SSSR count). The third-order valence-corrected chi connectivity index (χ3v) is 5.02. The zero-order chi connectivity index (χ0) is 20.4. The van der Waals surface area contributed by atoms with Gasteiger partial charge in [0.05, 0.1) is 22.1 Å². The quantitative estimate of drug-likeness (QED) is 0.413. The van der Waals surface area contributed by atoms with Gasteiger partial charge in [0.15, 0.2) is 5.69 Å². The number of aromatic nitrogens is 2. The van der Waals surface area contributed by atoms with Crippen molar-refractivity contribution in [3.05, 3.63) is 100 Å². The Labute approximate surface area is 178 Å². The summed E-state index contributed by atoms with van der Waals surface area (Å²) in [5.74, 6) is -0.350. The molecule has 0 saturated heterocycles. The average Bonchev–Trinajstić information content (AvgIpc) is 3.17. The number of benzene rings is 3. The number of hydrogen-bond donors (Lipinski definition) is 1. The Hall–Kier alpha value is -3.08. The van der Waals surface area contributed by atoms with Gasteiger partial charge in [0.2, 0.25) is 0 Å². The van der Waals surface area contributed by atoms with Crippen LogP contribution in [-0.2, 0) is 0 Å². The van der Waals surface area contributed by atoms with Crippen LogP contribution in [0.5, 0.6) is 0 Å². The van der Waals surface area contributed by atoms with Crippen LogP contribution < -0.4 is 5.32 Å². The fourth-order valence-electron chi connectivity index (χ4n) is 2.97. The molecule has 0 aliphatic rings. The Balaban J connectivity index is 1.74. The highest BCUT2D eigenvalue weighted by Gasteiger charge is 2.18. The fraction of sp³-hybridized carbons (Fsp3) is 0.0435. The Kier molecular flexibility index (Phi) is 5.38. The van der Waals surface area contributed by atoms with E-state index in [9.17, 15) is 4.79 Å². The highest BCUT2D eigenvalue weighted by atomic mass is 35.5.